The summed E-state index contributed by atoms with van der Waals surface area (Å²) in [6.07, 6.45) is 0. The molecule has 10 heteroatoms. The van der Waals surface area contributed by atoms with Crippen LogP contribution in [0.5, 0.6) is 0 Å². The Bertz CT molecular complexity index is 1710. The number of hydrogen-bond acceptors (Lipinski definition) is 8. The molecule has 6 rings (SSSR count). The van der Waals surface area contributed by atoms with Crippen molar-refractivity contribution in [1.29, 1.82) is 0 Å². The number of rotatable bonds is 6. The second-order valence-electron chi connectivity index (χ2n) is 7.85. The average Bonchev–Trinajstić information content (AvgIpc) is 3.61. The summed E-state index contributed by atoms with van der Waals surface area (Å²) >= 11 is 4.43. The number of carboxylic acid groups (broad SMARTS) is 1. The van der Waals surface area contributed by atoms with E-state index in [0.29, 0.717) is 5.16 Å². The van der Waals surface area contributed by atoms with Gasteiger partial charge in [0, 0.05) is 11.3 Å². The molecule has 176 valence electrons. The lowest BCUT2D eigenvalue weighted by Crippen LogP contribution is -1.99. The molecule has 0 aliphatic carbocycles. The maximum Gasteiger partial charge on any atom is 0.335 e. The first-order valence-corrected chi connectivity index (χ1v) is 13.4. The van der Waals surface area contributed by atoms with Gasteiger partial charge in [0.2, 0.25) is 5.16 Å². The molecule has 0 saturated heterocycles. The number of hydrogen-bond donors (Lipinski definition) is 1. The van der Waals surface area contributed by atoms with E-state index in [1.807, 2.05) is 72.2 Å². The van der Waals surface area contributed by atoms with Gasteiger partial charge in [-0.15, -0.1) is 32.9 Å². The molecule has 7 nitrogen and oxygen atoms in total. The Morgan fingerprint density at radius 3 is 2.42 bits per heavy atom. The molecule has 0 atom stereocenters. The summed E-state index contributed by atoms with van der Waals surface area (Å²) in [4.78, 5) is 21.8. The molecule has 0 fully saturated rings. The minimum absolute atomic E-state index is 0.243. The van der Waals surface area contributed by atoms with Gasteiger partial charge in [0.1, 0.15) is 5.01 Å². The molecule has 0 aliphatic rings. The highest BCUT2D eigenvalue weighted by Crippen LogP contribution is 2.40. The standard InChI is InChI=1S/C26H17N5O2S3/c1-15-21(35-23(27-15)16-8-4-2-5-9-16)22-29-30-25(31(22)18-10-6-3-7-11-18)36-26-28-19-13-12-17(24(32)33)14-20(19)34-26/h2-14H,1H3,(H,32,33). The summed E-state index contributed by atoms with van der Waals surface area (Å²) < 4.78 is 3.60. The molecule has 3 aromatic carbocycles. The van der Waals surface area contributed by atoms with Crippen molar-refractivity contribution in [3.63, 3.8) is 0 Å². The zero-order chi connectivity index (χ0) is 24.6. The van der Waals surface area contributed by atoms with Gasteiger partial charge in [0.15, 0.2) is 10.2 Å². The van der Waals surface area contributed by atoms with Crippen LogP contribution in [0.4, 0.5) is 0 Å². The molecule has 0 bridgehead atoms. The number of thiazole rings is 2. The normalized spacial score (nSPS) is 11.2. The molecule has 0 unspecified atom stereocenters. The third-order valence-corrected chi connectivity index (χ3v) is 8.69. The van der Waals surface area contributed by atoms with E-state index in [0.717, 1.165) is 47.2 Å². The van der Waals surface area contributed by atoms with Crippen molar-refractivity contribution in [3.05, 3.63) is 90.1 Å². The topological polar surface area (TPSA) is 93.8 Å². The number of aryl methyl sites for hydroxylation is 1. The molecule has 36 heavy (non-hydrogen) atoms. The lowest BCUT2D eigenvalue weighted by Gasteiger charge is -2.08. The maximum absolute atomic E-state index is 11.4. The van der Waals surface area contributed by atoms with Crippen molar-refractivity contribution in [2.24, 2.45) is 0 Å². The fourth-order valence-corrected chi connectivity index (χ4v) is 6.87. The molecule has 0 radical (unpaired) electrons. The average molecular weight is 528 g/mol. The predicted octanol–water partition coefficient (Wildman–Crippen LogP) is 6.83. The molecule has 0 saturated carbocycles. The molecule has 1 N–H and O–H groups in total. The molecule has 0 spiro atoms. The Hall–Kier alpha value is -3.86. The van der Waals surface area contributed by atoms with Gasteiger partial charge in [0.05, 0.1) is 26.4 Å². The zero-order valence-electron chi connectivity index (χ0n) is 18.8. The largest absolute Gasteiger partial charge is 0.478 e. The van der Waals surface area contributed by atoms with Gasteiger partial charge in [-0.3, -0.25) is 4.57 Å². The summed E-state index contributed by atoms with van der Waals surface area (Å²) in [5.74, 6) is -0.238. The predicted molar refractivity (Wildman–Crippen MR) is 143 cm³/mol. The first-order chi connectivity index (χ1) is 17.6. The Balaban J connectivity index is 1.44. The number of benzene rings is 3. The molecular formula is C26H17N5O2S3. The van der Waals surface area contributed by atoms with Crippen LogP contribution in [0.25, 0.3) is 37.2 Å². The van der Waals surface area contributed by atoms with E-state index in [1.165, 1.54) is 23.1 Å². The van der Waals surface area contributed by atoms with E-state index in [2.05, 4.69) is 15.2 Å². The Kier molecular flexibility index (Phi) is 5.84. The van der Waals surface area contributed by atoms with E-state index in [9.17, 15) is 9.90 Å². The maximum atomic E-state index is 11.4. The Morgan fingerprint density at radius 2 is 1.67 bits per heavy atom. The highest BCUT2D eigenvalue weighted by atomic mass is 32.2. The number of carboxylic acids is 1. The molecular weight excluding hydrogens is 511 g/mol. The monoisotopic (exact) mass is 527 g/mol. The van der Waals surface area contributed by atoms with Crippen LogP contribution in [-0.4, -0.2) is 35.8 Å². The molecule has 3 aromatic heterocycles. The SMILES string of the molecule is Cc1nc(-c2ccccc2)sc1-c1nnc(Sc2nc3ccc(C(=O)O)cc3s2)n1-c1ccccc1. The van der Waals surface area contributed by atoms with E-state index in [-0.39, 0.29) is 5.56 Å². The molecule has 3 heterocycles. The number of carbonyl (C=O) groups is 1. The van der Waals surface area contributed by atoms with E-state index in [1.54, 1.807) is 29.5 Å². The molecule has 0 amide bonds. The van der Waals surface area contributed by atoms with Crippen LogP contribution in [0, 0.1) is 6.92 Å². The number of para-hydroxylation sites is 1. The number of aromatic carboxylic acids is 1. The smallest absolute Gasteiger partial charge is 0.335 e. The van der Waals surface area contributed by atoms with E-state index < -0.39 is 5.97 Å². The highest BCUT2D eigenvalue weighted by Gasteiger charge is 2.22. The van der Waals surface area contributed by atoms with Crippen LogP contribution in [0.3, 0.4) is 0 Å². The van der Waals surface area contributed by atoms with Crippen LogP contribution in [0.1, 0.15) is 16.1 Å². The van der Waals surface area contributed by atoms with Gasteiger partial charge in [-0.05, 0) is 49.0 Å². The summed E-state index contributed by atoms with van der Waals surface area (Å²) in [6.45, 7) is 1.99. The summed E-state index contributed by atoms with van der Waals surface area (Å²) in [5.41, 5.74) is 3.88. The summed E-state index contributed by atoms with van der Waals surface area (Å²) in [5, 5.41) is 20.0. The Labute approximate surface area is 218 Å². The van der Waals surface area contributed by atoms with Crippen molar-refractivity contribution in [3.8, 4) is 27.0 Å². The van der Waals surface area contributed by atoms with E-state index in [4.69, 9.17) is 4.98 Å². The van der Waals surface area contributed by atoms with Crippen molar-refractivity contribution >= 4 is 50.6 Å². The minimum atomic E-state index is -0.956. The van der Waals surface area contributed by atoms with Gasteiger partial charge in [-0.1, -0.05) is 48.5 Å². The lowest BCUT2D eigenvalue weighted by atomic mass is 10.2. The van der Waals surface area contributed by atoms with Gasteiger partial charge >= 0.3 is 5.97 Å². The first-order valence-electron chi connectivity index (χ1n) is 10.9. The fourth-order valence-electron chi connectivity index (χ4n) is 3.76. The van der Waals surface area contributed by atoms with Crippen molar-refractivity contribution in [2.45, 2.75) is 16.4 Å². The van der Waals surface area contributed by atoms with Gasteiger partial charge in [0.25, 0.3) is 0 Å². The van der Waals surface area contributed by atoms with Crippen molar-refractivity contribution < 1.29 is 9.90 Å². The Morgan fingerprint density at radius 1 is 0.917 bits per heavy atom. The lowest BCUT2D eigenvalue weighted by molar-refractivity contribution is 0.0697. The first kappa shape index (κ1) is 22.6. The number of fused-ring (bicyclic) bond motifs is 1. The van der Waals surface area contributed by atoms with Gasteiger partial charge < -0.3 is 5.11 Å². The van der Waals surface area contributed by atoms with E-state index >= 15 is 0 Å². The van der Waals surface area contributed by atoms with Gasteiger partial charge in [-0.25, -0.2) is 14.8 Å². The van der Waals surface area contributed by atoms with Gasteiger partial charge in [-0.2, -0.15) is 0 Å². The van der Waals surface area contributed by atoms with Crippen molar-refractivity contribution in [2.75, 3.05) is 0 Å². The highest BCUT2D eigenvalue weighted by molar-refractivity contribution is 8.01. The summed E-state index contributed by atoms with van der Waals surface area (Å²) in [6, 6.07) is 25.0. The number of nitrogens with zero attached hydrogens (tertiary/aromatic N) is 5. The minimum Gasteiger partial charge on any atom is -0.478 e. The van der Waals surface area contributed by atoms with Crippen LogP contribution in [-0.2, 0) is 0 Å². The third kappa shape index (κ3) is 4.19. The third-order valence-electron chi connectivity index (χ3n) is 5.46. The number of aromatic nitrogens is 5. The summed E-state index contributed by atoms with van der Waals surface area (Å²) in [7, 11) is 0. The van der Waals surface area contributed by atoms with Crippen LogP contribution >= 0.6 is 34.4 Å². The second-order valence-corrected chi connectivity index (χ2v) is 11.1. The van der Waals surface area contributed by atoms with Crippen molar-refractivity contribution in [1.82, 2.24) is 24.7 Å². The second kappa shape index (κ2) is 9.30. The molecule has 6 aromatic rings. The zero-order valence-corrected chi connectivity index (χ0v) is 21.3. The van der Waals surface area contributed by atoms with Crippen LogP contribution in [0.15, 0.2) is 88.4 Å². The van der Waals surface area contributed by atoms with Crippen LogP contribution in [0.2, 0.25) is 0 Å². The fraction of sp³-hybridized carbons (Fsp3) is 0.0385. The molecule has 0 aliphatic heterocycles. The quantitative estimate of drug-likeness (QED) is 0.254. The van der Waals surface area contributed by atoms with Crippen LogP contribution < -0.4 is 0 Å².